The standard InChI is InChI=1S/C81H154NO8P/c1-3-5-7-9-11-13-15-17-19-21-23-25-27-29-31-33-35-36-37-38-39-40-41-42-44-45-47-49-51-53-55-57-59-61-63-65-67-69-71-73-80(83)87-77-79(78-89-91(85,86)88-76-75-82)90-81(84)74-72-70-68-66-64-62-60-58-56-54-52-50-48-46-43-34-32-30-28-26-24-22-20-18-16-14-12-10-8-6-4-2/h6,8,12,14,18,20,24,26,79H,3-5,7,9-11,13,15-17,19,21-23,25,27-78,82H2,1-2H3,(H,85,86)/b8-6-,14-12-,20-18-,26-24-. The SMILES string of the molecule is CC/C=C\C/C=C\C/C=C\C/C=C\CCCCCCCCCCCCCCCCCCCCC(=O)OC(COC(=O)CCCCCCCCCCCCCCCCCCCCCCCCCCCCCCCCCCCCCCCCC)COP(=O)(O)OCCN. The zero-order valence-electron chi connectivity index (χ0n) is 60.6. The molecule has 0 aliphatic rings. The number of carbonyl (C=O) groups excluding carboxylic acids is 2. The largest absolute Gasteiger partial charge is 0.472 e. The molecule has 0 saturated heterocycles. The average molecular weight is 1300 g/mol. The second kappa shape index (κ2) is 77.0. The predicted molar refractivity (Wildman–Crippen MR) is 395 cm³/mol. The molecular formula is C81H154NO8P. The van der Waals surface area contributed by atoms with Gasteiger partial charge in [0.15, 0.2) is 6.10 Å². The number of allylic oxidation sites excluding steroid dienone is 8. The molecule has 0 fully saturated rings. The quantitative estimate of drug-likeness (QED) is 0.0264. The molecule has 0 aliphatic heterocycles. The summed E-state index contributed by atoms with van der Waals surface area (Å²) < 4.78 is 33.3. The number of carbonyl (C=O) groups is 2. The number of phosphoric acid groups is 1. The third kappa shape index (κ3) is 76.9. The minimum Gasteiger partial charge on any atom is -0.462 e. The number of rotatable bonds is 77. The van der Waals surface area contributed by atoms with Gasteiger partial charge in [0.1, 0.15) is 6.61 Å². The molecule has 0 spiro atoms. The highest BCUT2D eigenvalue weighted by Gasteiger charge is 2.26. The molecule has 91 heavy (non-hydrogen) atoms. The molecular weight excluding hydrogens is 1150 g/mol. The number of unbranched alkanes of at least 4 members (excludes halogenated alkanes) is 56. The van der Waals surface area contributed by atoms with Gasteiger partial charge in [-0.05, 0) is 51.4 Å². The molecule has 0 heterocycles. The van der Waals surface area contributed by atoms with E-state index in [0.29, 0.717) is 6.42 Å². The lowest BCUT2D eigenvalue weighted by molar-refractivity contribution is -0.161. The van der Waals surface area contributed by atoms with Gasteiger partial charge in [-0.3, -0.25) is 18.6 Å². The van der Waals surface area contributed by atoms with E-state index in [9.17, 15) is 19.0 Å². The number of hydrogen-bond donors (Lipinski definition) is 2. The summed E-state index contributed by atoms with van der Waals surface area (Å²) in [5.74, 6) is -0.803. The zero-order valence-corrected chi connectivity index (χ0v) is 61.5. The third-order valence-corrected chi connectivity index (χ3v) is 19.2. The van der Waals surface area contributed by atoms with E-state index in [1.165, 1.54) is 334 Å². The topological polar surface area (TPSA) is 134 Å². The summed E-state index contributed by atoms with van der Waals surface area (Å²) in [7, 11) is -4.39. The van der Waals surface area contributed by atoms with Crippen LogP contribution in [0.3, 0.4) is 0 Å². The summed E-state index contributed by atoms with van der Waals surface area (Å²) in [6, 6.07) is 0. The van der Waals surface area contributed by atoms with E-state index in [0.717, 1.165) is 57.8 Å². The monoisotopic (exact) mass is 1300 g/mol. The van der Waals surface area contributed by atoms with Gasteiger partial charge in [-0.25, -0.2) is 4.57 Å². The molecule has 0 rings (SSSR count). The molecule has 0 aliphatic carbocycles. The number of esters is 2. The van der Waals surface area contributed by atoms with Crippen LogP contribution in [0.1, 0.15) is 425 Å². The van der Waals surface area contributed by atoms with Crippen LogP contribution >= 0.6 is 7.82 Å². The molecule has 0 aromatic rings. The normalized spacial score (nSPS) is 13.1. The van der Waals surface area contributed by atoms with E-state index in [-0.39, 0.29) is 38.6 Å². The molecule has 0 aromatic heterocycles. The Kier molecular flexibility index (Phi) is 75.3. The molecule has 0 amide bonds. The van der Waals surface area contributed by atoms with Gasteiger partial charge in [-0.2, -0.15) is 0 Å². The van der Waals surface area contributed by atoms with Crippen LogP contribution in [0, 0.1) is 0 Å². The molecule has 2 atom stereocenters. The van der Waals surface area contributed by atoms with E-state index in [1.807, 2.05) is 0 Å². The Labute approximate surface area is 566 Å². The van der Waals surface area contributed by atoms with Crippen molar-refractivity contribution in [3.05, 3.63) is 48.6 Å². The van der Waals surface area contributed by atoms with Crippen LogP contribution in [0.25, 0.3) is 0 Å². The Morgan fingerprint density at radius 2 is 0.604 bits per heavy atom. The maximum absolute atomic E-state index is 12.8. The molecule has 3 N–H and O–H groups in total. The van der Waals surface area contributed by atoms with Crippen LogP contribution in [-0.4, -0.2) is 49.3 Å². The van der Waals surface area contributed by atoms with E-state index < -0.39 is 26.5 Å². The van der Waals surface area contributed by atoms with E-state index in [1.54, 1.807) is 0 Å². The van der Waals surface area contributed by atoms with Gasteiger partial charge in [0.05, 0.1) is 13.2 Å². The molecule has 0 saturated carbocycles. The van der Waals surface area contributed by atoms with E-state index in [4.69, 9.17) is 24.3 Å². The minimum atomic E-state index is -4.39. The summed E-state index contributed by atoms with van der Waals surface area (Å²) >= 11 is 0. The first-order chi connectivity index (χ1) is 44.8. The number of hydrogen-bond acceptors (Lipinski definition) is 8. The van der Waals surface area contributed by atoms with Crippen LogP contribution in [0.2, 0.25) is 0 Å². The first kappa shape index (κ1) is 89.0. The van der Waals surface area contributed by atoms with Gasteiger partial charge in [-0.15, -0.1) is 0 Å². The second-order valence-corrected chi connectivity index (χ2v) is 28.7. The van der Waals surface area contributed by atoms with Crippen LogP contribution in [0.5, 0.6) is 0 Å². The molecule has 9 nitrogen and oxygen atoms in total. The Morgan fingerprint density at radius 1 is 0.341 bits per heavy atom. The fraction of sp³-hybridized carbons (Fsp3) is 0.877. The van der Waals surface area contributed by atoms with Crippen molar-refractivity contribution in [3.8, 4) is 0 Å². The number of ether oxygens (including phenoxy) is 2. The minimum absolute atomic E-state index is 0.0556. The maximum atomic E-state index is 12.8. The molecule has 0 bridgehead atoms. The average Bonchev–Trinajstić information content (AvgIpc) is 3.71. The lowest BCUT2D eigenvalue weighted by atomic mass is 10.0. The summed E-state index contributed by atoms with van der Waals surface area (Å²) in [6.07, 6.45) is 99.8. The van der Waals surface area contributed by atoms with Gasteiger partial charge in [0.2, 0.25) is 0 Å². The van der Waals surface area contributed by atoms with Crippen LogP contribution < -0.4 is 5.73 Å². The molecule has 10 heteroatoms. The Hall–Kier alpha value is -2.03. The summed E-state index contributed by atoms with van der Waals surface area (Å²) in [5.41, 5.74) is 5.41. The first-order valence-electron chi connectivity index (χ1n) is 40.1. The van der Waals surface area contributed by atoms with Gasteiger partial charge in [0, 0.05) is 19.4 Å². The van der Waals surface area contributed by atoms with Crippen molar-refractivity contribution in [2.24, 2.45) is 5.73 Å². The lowest BCUT2D eigenvalue weighted by Gasteiger charge is -2.19. The van der Waals surface area contributed by atoms with Crippen LogP contribution in [-0.2, 0) is 32.7 Å². The van der Waals surface area contributed by atoms with Crippen molar-refractivity contribution in [2.45, 2.75) is 431 Å². The van der Waals surface area contributed by atoms with E-state index >= 15 is 0 Å². The molecule has 0 radical (unpaired) electrons. The lowest BCUT2D eigenvalue weighted by Crippen LogP contribution is -2.29. The fourth-order valence-electron chi connectivity index (χ4n) is 12.3. The number of nitrogens with two attached hydrogens (primary N) is 1. The van der Waals surface area contributed by atoms with Gasteiger partial charge in [-0.1, -0.05) is 409 Å². The van der Waals surface area contributed by atoms with Crippen molar-refractivity contribution in [1.29, 1.82) is 0 Å². The van der Waals surface area contributed by atoms with E-state index in [2.05, 4.69) is 62.5 Å². The highest BCUT2D eigenvalue weighted by molar-refractivity contribution is 7.47. The Bertz CT molecular complexity index is 1630. The molecule has 0 aromatic carbocycles. The summed E-state index contributed by atoms with van der Waals surface area (Å²) in [5, 5.41) is 0. The molecule has 536 valence electrons. The highest BCUT2D eigenvalue weighted by Crippen LogP contribution is 2.43. The zero-order chi connectivity index (χ0) is 65.8. The van der Waals surface area contributed by atoms with Gasteiger partial charge >= 0.3 is 19.8 Å². The summed E-state index contributed by atoms with van der Waals surface area (Å²) in [4.78, 5) is 35.5. The van der Waals surface area contributed by atoms with Crippen LogP contribution in [0.15, 0.2) is 48.6 Å². The van der Waals surface area contributed by atoms with Crippen molar-refractivity contribution in [2.75, 3.05) is 26.4 Å². The maximum Gasteiger partial charge on any atom is 0.472 e. The highest BCUT2D eigenvalue weighted by atomic mass is 31.2. The van der Waals surface area contributed by atoms with Crippen molar-refractivity contribution >= 4 is 19.8 Å². The third-order valence-electron chi connectivity index (χ3n) is 18.2. The Balaban J connectivity index is 3.73. The van der Waals surface area contributed by atoms with Gasteiger partial charge < -0.3 is 20.1 Å². The summed E-state index contributed by atoms with van der Waals surface area (Å²) in [6.45, 7) is 3.72. The number of phosphoric ester groups is 1. The van der Waals surface area contributed by atoms with Crippen molar-refractivity contribution in [1.82, 2.24) is 0 Å². The van der Waals surface area contributed by atoms with Crippen molar-refractivity contribution in [3.63, 3.8) is 0 Å². The van der Waals surface area contributed by atoms with Crippen LogP contribution in [0.4, 0.5) is 0 Å². The smallest absolute Gasteiger partial charge is 0.462 e. The molecule has 2 unspecified atom stereocenters. The van der Waals surface area contributed by atoms with Crippen molar-refractivity contribution < 1.29 is 37.6 Å². The predicted octanol–water partition coefficient (Wildman–Crippen LogP) is 26.8. The fourth-order valence-corrected chi connectivity index (χ4v) is 13.1. The van der Waals surface area contributed by atoms with Gasteiger partial charge in [0.25, 0.3) is 0 Å². The second-order valence-electron chi connectivity index (χ2n) is 27.3. The Morgan fingerprint density at radius 3 is 0.901 bits per heavy atom. The first-order valence-corrected chi connectivity index (χ1v) is 41.6.